The quantitative estimate of drug-likeness (QED) is 0.681. The van der Waals surface area contributed by atoms with Crippen molar-refractivity contribution in [2.75, 3.05) is 13.2 Å². The van der Waals surface area contributed by atoms with Crippen molar-refractivity contribution in [2.24, 2.45) is 0 Å². The summed E-state index contributed by atoms with van der Waals surface area (Å²) in [7, 11) is 0. The second-order valence-corrected chi connectivity index (χ2v) is 5.18. The lowest BCUT2D eigenvalue weighted by Gasteiger charge is -2.20. The van der Waals surface area contributed by atoms with Gasteiger partial charge >= 0.3 is 0 Å². The van der Waals surface area contributed by atoms with Gasteiger partial charge in [-0.15, -0.1) is 0 Å². The van der Waals surface area contributed by atoms with Gasteiger partial charge in [0.05, 0.1) is 6.10 Å². The molecule has 0 radical (unpaired) electrons. The summed E-state index contributed by atoms with van der Waals surface area (Å²) in [5.74, 6) is -0.203. The summed E-state index contributed by atoms with van der Waals surface area (Å²) < 4.78 is 18.9. The van der Waals surface area contributed by atoms with Gasteiger partial charge in [-0.1, -0.05) is 45.7 Å². The van der Waals surface area contributed by atoms with Gasteiger partial charge in [0.25, 0.3) is 0 Å². The van der Waals surface area contributed by atoms with Crippen LogP contribution >= 0.6 is 0 Å². The van der Waals surface area contributed by atoms with Crippen molar-refractivity contribution in [3.8, 4) is 0 Å². The average molecular weight is 267 g/mol. The summed E-state index contributed by atoms with van der Waals surface area (Å²) in [6, 6.07) is 7.02. The van der Waals surface area contributed by atoms with Crippen LogP contribution in [0.25, 0.3) is 0 Å². The maximum atomic E-state index is 13.0. The van der Waals surface area contributed by atoms with Crippen LogP contribution < -0.4 is 5.32 Å². The smallest absolute Gasteiger partial charge is 0.123 e. The standard InChI is InChI=1S/C16H26FNO/c1-4-5-6-11-19-16(12-18-13(2)3)14-7-9-15(17)10-8-14/h7-10,13,16,18H,4-6,11-12H2,1-3H3. The zero-order valence-corrected chi connectivity index (χ0v) is 12.3. The van der Waals surface area contributed by atoms with E-state index in [0.29, 0.717) is 6.04 Å². The average Bonchev–Trinajstić information content (AvgIpc) is 2.39. The Morgan fingerprint density at radius 2 is 1.84 bits per heavy atom. The van der Waals surface area contributed by atoms with Crippen LogP contribution in [0.1, 0.15) is 51.7 Å². The van der Waals surface area contributed by atoms with Crippen molar-refractivity contribution in [1.29, 1.82) is 0 Å². The summed E-state index contributed by atoms with van der Waals surface area (Å²) >= 11 is 0. The normalized spacial score (nSPS) is 12.9. The van der Waals surface area contributed by atoms with Crippen LogP contribution in [0.3, 0.4) is 0 Å². The minimum Gasteiger partial charge on any atom is -0.372 e. The maximum absolute atomic E-state index is 13.0. The third-order valence-electron chi connectivity index (χ3n) is 3.02. The molecule has 0 spiro atoms. The van der Waals surface area contributed by atoms with E-state index in [-0.39, 0.29) is 11.9 Å². The van der Waals surface area contributed by atoms with Crippen molar-refractivity contribution < 1.29 is 9.13 Å². The molecule has 0 saturated heterocycles. The summed E-state index contributed by atoms with van der Waals surface area (Å²) in [5.41, 5.74) is 1.03. The Hall–Kier alpha value is -0.930. The molecular formula is C16H26FNO. The van der Waals surface area contributed by atoms with Gasteiger partial charge in [0.15, 0.2) is 0 Å². The molecule has 2 nitrogen and oxygen atoms in total. The number of hydrogen-bond acceptors (Lipinski definition) is 2. The van der Waals surface area contributed by atoms with Gasteiger partial charge < -0.3 is 10.1 Å². The maximum Gasteiger partial charge on any atom is 0.123 e. The van der Waals surface area contributed by atoms with Gasteiger partial charge in [-0.25, -0.2) is 4.39 Å². The molecule has 1 atom stereocenters. The van der Waals surface area contributed by atoms with E-state index in [2.05, 4.69) is 26.1 Å². The van der Waals surface area contributed by atoms with Crippen molar-refractivity contribution in [3.63, 3.8) is 0 Å². The lowest BCUT2D eigenvalue weighted by atomic mass is 10.1. The molecule has 1 aromatic rings. The molecule has 3 heteroatoms. The van der Waals surface area contributed by atoms with Crippen molar-refractivity contribution in [1.82, 2.24) is 5.32 Å². The molecule has 0 saturated carbocycles. The summed E-state index contributed by atoms with van der Waals surface area (Å²) in [5, 5.41) is 3.38. The summed E-state index contributed by atoms with van der Waals surface area (Å²) in [4.78, 5) is 0. The zero-order valence-electron chi connectivity index (χ0n) is 12.3. The van der Waals surface area contributed by atoms with Gasteiger partial charge in [-0.2, -0.15) is 0 Å². The largest absolute Gasteiger partial charge is 0.372 e. The van der Waals surface area contributed by atoms with Crippen LogP contribution in [0.15, 0.2) is 24.3 Å². The monoisotopic (exact) mass is 267 g/mol. The second kappa shape index (κ2) is 9.05. The fourth-order valence-electron chi connectivity index (χ4n) is 1.87. The third kappa shape index (κ3) is 6.69. The predicted octanol–water partition coefficient (Wildman–Crippen LogP) is 4.07. The lowest BCUT2D eigenvalue weighted by Crippen LogP contribution is -2.29. The molecule has 0 aliphatic carbocycles. The van der Waals surface area contributed by atoms with Crippen LogP contribution in [-0.2, 0) is 4.74 Å². The SMILES string of the molecule is CCCCCOC(CNC(C)C)c1ccc(F)cc1. The fraction of sp³-hybridized carbons (Fsp3) is 0.625. The molecule has 108 valence electrons. The van der Waals surface area contributed by atoms with Crippen LogP contribution in [0.4, 0.5) is 4.39 Å². The topological polar surface area (TPSA) is 21.3 Å². The minimum atomic E-state index is -0.203. The van der Waals surface area contributed by atoms with Gasteiger partial charge in [0.1, 0.15) is 5.82 Å². The highest BCUT2D eigenvalue weighted by Gasteiger charge is 2.12. The number of ether oxygens (including phenoxy) is 1. The number of hydrogen-bond donors (Lipinski definition) is 1. The molecule has 0 heterocycles. The van der Waals surface area contributed by atoms with Gasteiger partial charge in [-0.05, 0) is 24.1 Å². The Kier molecular flexibility index (Phi) is 7.68. The van der Waals surface area contributed by atoms with Gasteiger partial charge in [-0.3, -0.25) is 0 Å². The number of unbranched alkanes of at least 4 members (excludes halogenated alkanes) is 2. The first-order valence-corrected chi connectivity index (χ1v) is 7.24. The van der Waals surface area contributed by atoms with Crippen molar-refractivity contribution >= 4 is 0 Å². The minimum absolute atomic E-state index is 0.000133. The van der Waals surface area contributed by atoms with Crippen LogP contribution in [0.2, 0.25) is 0 Å². The van der Waals surface area contributed by atoms with Gasteiger partial charge in [0, 0.05) is 19.2 Å². The molecular weight excluding hydrogens is 241 g/mol. The Morgan fingerprint density at radius 1 is 1.16 bits per heavy atom. The molecule has 19 heavy (non-hydrogen) atoms. The highest BCUT2D eigenvalue weighted by molar-refractivity contribution is 5.19. The number of rotatable bonds is 9. The van der Waals surface area contributed by atoms with E-state index in [4.69, 9.17) is 4.74 Å². The van der Waals surface area contributed by atoms with E-state index in [0.717, 1.165) is 25.1 Å². The number of nitrogens with one attached hydrogen (secondary N) is 1. The number of benzene rings is 1. The van der Waals surface area contributed by atoms with E-state index >= 15 is 0 Å². The highest BCUT2D eigenvalue weighted by Crippen LogP contribution is 2.18. The molecule has 0 amide bonds. The number of halogens is 1. The van der Waals surface area contributed by atoms with E-state index < -0.39 is 0 Å². The first kappa shape index (κ1) is 16.1. The fourth-order valence-corrected chi connectivity index (χ4v) is 1.87. The molecule has 1 rings (SSSR count). The zero-order chi connectivity index (χ0) is 14.1. The Morgan fingerprint density at radius 3 is 2.42 bits per heavy atom. The van der Waals surface area contributed by atoms with E-state index in [9.17, 15) is 4.39 Å². The van der Waals surface area contributed by atoms with Crippen LogP contribution in [-0.4, -0.2) is 19.2 Å². The van der Waals surface area contributed by atoms with Crippen LogP contribution in [0.5, 0.6) is 0 Å². The second-order valence-electron chi connectivity index (χ2n) is 5.18. The molecule has 0 aromatic heterocycles. The third-order valence-corrected chi connectivity index (χ3v) is 3.02. The summed E-state index contributed by atoms with van der Waals surface area (Å²) in [6.45, 7) is 7.92. The Bertz CT molecular complexity index is 337. The van der Waals surface area contributed by atoms with Crippen LogP contribution in [0, 0.1) is 5.82 Å². The molecule has 1 unspecified atom stereocenters. The first-order valence-electron chi connectivity index (χ1n) is 7.24. The van der Waals surface area contributed by atoms with E-state index in [1.165, 1.54) is 25.0 Å². The van der Waals surface area contributed by atoms with Crippen molar-refractivity contribution in [3.05, 3.63) is 35.6 Å². The molecule has 1 N–H and O–H groups in total. The van der Waals surface area contributed by atoms with E-state index in [1.54, 1.807) is 0 Å². The Balaban J connectivity index is 2.54. The first-order chi connectivity index (χ1) is 9.13. The molecule has 1 aromatic carbocycles. The molecule has 0 fully saturated rings. The lowest BCUT2D eigenvalue weighted by molar-refractivity contribution is 0.0487. The highest BCUT2D eigenvalue weighted by atomic mass is 19.1. The molecule has 0 bridgehead atoms. The van der Waals surface area contributed by atoms with Crippen molar-refractivity contribution in [2.45, 2.75) is 52.2 Å². The molecule has 0 aliphatic rings. The molecule has 0 aliphatic heterocycles. The Labute approximate surface area is 116 Å². The van der Waals surface area contributed by atoms with Gasteiger partial charge in [0.2, 0.25) is 0 Å². The predicted molar refractivity (Wildman–Crippen MR) is 77.8 cm³/mol. The summed E-state index contributed by atoms with van der Waals surface area (Å²) in [6.07, 6.45) is 3.46. The van der Waals surface area contributed by atoms with E-state index in [1.807, 2.05) is 12.1 Å².